The lowest BCUT2D eigenvalue weighted by Gasteiger charge is -2.39. The molecule has 0 spiro atoms. The summed E-state index contributed by atoms with van der Waals surface area (Å²) in [6.07, 6.45) is 5.07. The fraction of sp³-hybridized carbons (Fsp3) is 0.600. The zero-order chi connectivity index (χ0) is 18.4. The van der Waals surface area contributed by atoms with E-state index < -0.39 is 5.97 Å². The van der Waals surface area contributed by atoms with Crippen LogP contribution in [-0.4, -0.2) is 41.9 Å². The van der Waals surface area contributed by atoms with Crippen molar-refractivity contribution in [1.29, 1.82) is 0 Å². The first-order chi connectivity index (χ1) is 12.6. The zero-order valence-corrected chi connectivity index (χ0v) is 15.1. The van der Waals surface area contributed by atoms with E-state index in [0.717, 1.165) is 32.1 Å². The monoisotopic (exact) mass is 360 g/mol. The molecule has 3 rings (SSSR count). The van der Waals surface area contributed by atoms with Crippen LogP contribution in [0.3, 0.4) is 0 Å². The van der Waals surface area contributed by atoms with E-state index in [1.807, 2.05) is 18.2 Å². The third-order valence-corrected chi connectivity index (χ3v) is 5.63. The number of hydrogen-bond acceptors (Lipinski definition) is 3. The minimum Gasteiger partial charge on any atom is -0.481 e. The van der Waals surface area contributed by atoms with E-state index in [1.165, 1.54) is 5.56 Å². The number of nitrogens with one attached hydrogen (secondary N) is 2. The second kappa shape index (κ2) is 8.54. The molecule has 0 aromatic heterocycles. The van der Waals surface area contributed by atoms with E-state index in [2.05, 4.69) is 22.8 Å². The molecule has 2 fully saturated rings. The van der Waals surface area contributed by atoms with E-state index in [4.69, 9.17) is 9.84 Å². The van der Waals surface area contributed by atoms with Crippen molar-refractivity contribution in [3.63, 3.8) is 0 Å². The average molecular weight is 360 g/mol. The van der Waals surface area contributed by atoms with Gasteiger partial charge in [-0.1, -0.05) is 30.3 Å². The van der Waals surface area contributed by atoms with Gasteiger partial charge < -0.3 is 20.5 Å². The number of rotatable bonds is 5. The van der Waals surface area contributed by atoms with Crippen molar-refractivity contribution in [3.8, 4) is 0 Å². The highest BCUT2D eigenvalue weighted by Gasteiger charge is 2.35. The third-order valence-electron chi connectivity index (χ3n) is 5.63. The van der Waals surface area contributed by atoms with Gasteiger partial charge in [-0.2, -0.15) is 0 Å². The van der Waals surface area contributed by atoms with Crippen molar-refractivity contribution in [2.75, 3.05) is 13.2 Å². The lowest BCUT2D eigenvalue weighted by Crippen LogP contribution is -2.57. The number of aliphatic carboxylic acids is 1. The molecule has 1 aromatic rings. The number of carboxylic acids is 1. The van der Waals surface area contributed by atoms with Gasteiger partial charge in [-0.15, -0.1) is 0 Å². The topological polar surface area (TPSA) is 87.7 Å². The summed E-state index contributed by atoms with van der Waals surface area (Å²) in [6, 6.07) is 10.1. The van der Waals surface area contributed by atoms with Gasteiger partial charge in [0, 0.05) is 19.3 Å². The van der Waals surface area contributed by atoms with Crippen molar-refractivity contribution >= 4 is 12.0 Å². The summed E-state index contributed by atoms with van der Waals surface area (Å²) in [6.45, 7) is 1.30. The lowest BCUT2D eigenvalue weighted by atomic mass is 9.83. The highest BCUT2D eigenvalue weighted by molar-refractivity contribution is 5.75. The predicted molar refractivity (Wildman–Crippen MR) is 98.0 cm³/mol. The molecule has 1 aliphatic carbocycles. The Labute approximate surface area is 154 Å². The van der Waals surface area contributed by atoms with Crippen LogP contribution in [0, 0.1) is 5.92 Å². The summed E-state index contributed by atoms with van der Waals surface area (Å²) in [4.78, 5) is 23.7. The number of benzene rings is 1. The Hall–Kier alpha value is -2.08. The van der Waals surface area contributed by atoms with Crippen LogP contribution >= 0.6 is 0 Å². The Morgan fingerprint density at radius 2 is 1.73 bits per heavy atom. The number of ether oxygens (including phenoxy) is 1. The summed E-state index contributed by atoms with van der Waals surface area (Å²) < 4.78 is 5.50. The molecule has 1 aliphatic heterocycles. The van der Waals surface area contributed by atoms with Crippen LogP contribution in [0.25, 0.3) is 0 Å². The molecular weight excluding hydrogens is 332 g/mol. The second-order valence-electron chi connectivity index (χ2n) is 7.54. The first kappa shape index (κ1) is 18.7. The van der Waals surface area contributed by atoms with Crippen LogP contribution in [0.1, 0.15) is 44.1 Å². The maximum atomic E-state index is 12.6. The number of urea groups is 1. The molecule has 0 unspecified atom stereocenters. The summed E-state index contributed by atoms with van der Waals surface area (Å²) in [5.41, 5.74) is 0.916. The van der Waals surface area contributed by atoms with E-state index in [9.17, 15) is 9.59 Å². The largest absolute Gasteiger partial charge is 0.481 e. The molecule has 1 aromatic carbocycles. The molecule has 2 amide bonds. The molecule has 6 heteroatoms. The van der Waals surface area contributed by atoms with E-state index in [-0.39, 0.29) is 23.5 Å². The number of carbonyl (C=O) groups excluding carboxylic acids is 1. The number of hydrogen-bond donors (Lipinski definition) is 3. The minimum atomic E-state index is -0.725. The lowest BCUT2D eigenvalue weighted by molar-refractivity contribution is -0.142. The van der Waals surface area contributed by atoms with Gasteiger partial charge in [0.1, 0.15) is 0 Å². The van der Waals surface area contributed by atoms with Crippen LogP contribution < -0.4 is 10.6 Å². The van der Waals surface area contributed by atoms with Crippen molar-refractivity contribution in [1.82, 2.24) is 10.6 Å². The van der Waals surface area contributed by atoms with Gasteiger partial charge in [0.2, 0.25) is 0 Å². The van der Waals surface area contributed by atoms with Crippen molar-refractivity contribution in [3.05, 3.63) is 35.9 Å². The summed E-state index contributed by atoms with van der Waals surface area (Å²) >= 11 is 0. The van der Waals surface area contributed by atoms with E-state index in [0.29, 0.717) is 26.1 Å². The first-order valence-corrected chi connectivity index (χ1v) is 9.49. The van der Waals surface area contributed by atoms with Gasteiger partial charge in [-0.05, 0) is 50.5 Å². The Balaban J connectivity index is 1.57. The predicted octanol–water partition coefficient (Wildman–Crippen LogP) is 2.72. The van der Waals surface area contributed by atoms with Crippen molar-refractivity contribution in [2.45, 2.75) is 56.5 Å². The van der Waals surface area contributed by atoms with Crippen LogP contribution in [0.2, 0.25) is 0 Å². The van der Waals surface area contributed by atoms with E-state index in [1.54, 1.807) is 0 Å². The average Bonchev–Trinajstić information content (AvgIpc) is 2.63. The summed E-state index contributed by atoms with van der Waals surface area (Å²) in [5.74, 6) is -0.993. The highest BCUT2D eigenvalue weighted by atomic mass is 16.5. The summed E-state index contributed by atoms with van der Waals surface area (Å²) in [7, 11) is 0. The normalized spacial score (nSPS) is 25.2. The molecular formula is C20H28N2O4. The molecule has 0 radical (unpaired) electrons. The molecule has 1 saturated carbocycles. The molecule has 6 nitrogen and oxygen atoms in total. The molecule has 1 heterocycles. The van der Waals surface area contributed by atoms with Crippen molar-refractivity contribution < 1.29 is 19.4 Å². The summed E-state index contributed by atoms with van der Waals surface area (Å²) in [5, 5.41) is 15.4. The Kier molecular flexibility index (Phi) is 6.14. The third kappa shape index (κ3) is 4.97. The smallest absolute Gasteiger partial charge is 0.315 e. The molecule has 142 valence electrons. The molecule has 1 saturated heterocycles. The maximum absolute atomic E-state index is 12.6. The molecule has 2 aliphatic rings. The fourth-order valence-electron chi connectivity index (χ4n) is 4.04. The minimum absolute atomic E-state index is 0.0548. The van der Waals surface area contributed by atoms with Gasteiger partial charge in [-0.25, -0.2) is 4.79 Å². The number of carbonyl (C=O) groups is 2. The second-order valence-corrected chi connectivity index (χ2v) is 7.54. The van der Waals surface area contributed by atoms with Gasteiger partial charge >= 0.3 is 12.0 Å². The first-order valence-electron chi connectivity index (χ1n) is 9.49. The highest BCUT2D eigenvalue weighted by Crippen LogP contribution is 2.27. The van der Waals surface area contributed by atoms with Gasteiger partial charge in [-0.3, -0.25) is 4.79 Å². The molecule has 3 N–H and O–H groups in total. The number of amides is 2. The van der Waals surface area contributed by atoms with Gasteiger partial charge in [0.05, 0.1) is 11.5 Å². The molecule has 26 heavy (non-hydrogen) atoms. The quantitative estimate of drug-likeness (QED) is 0.753. The maximum Gasteiger partial charge on any atom is 0.315 e. The molecule has 0 atom stereocenters. The zero-order valence-electron chi connectivity index (χ0n) is 15.1. The molecule has 0 bridgehead atoms. The van der Waals surface area contributed by atoms with Crippen molar-refractivity contribution in [2.24, 2.45) is 5.92 Å². The van der Waals surface area contributed by atoms with Crippen LogP contribution in [0.15, 0.2) is 30.3 Å². The van der Waals surface area contributed by atoms with Crippen LogP contribution in [0.4, 0.5) is 4.79 Å². The van der Waals surface area contributed by atoms with Gasteiger partial charge in [0.25, 0.3) is 0 Å². The Morgan fingerprint density at radius 1 is 1.08 bits per heavy atom. The Bertz CT molecular complexity index is 605. The fourth-order valence-corrected chi connectivity index (χ4v) is 4.04. The van der Waals surface area contributed by atoms with Crippen LogP contribution in [-0.2, 0) is 16.0 Å². The van der Waals surface area contributed by atoms with Gasteiger partial charge in [0.15, 0.2) is 0 Å². The standard InChI is InChI=1S/C20H28N2O4/c23-18(24)16-6-8-17(9-7-16)21-19(25)22-20(10-12-26-13-11-20)14-15-4-2-1-3-5-15/h1-5,16-17H,6-14H2,(H,23,24)(H2,21,22,25). The van der Waals surface area contributed by atoms with Crippen LogP contribution in [0.5, 0.6) is 0 Å². The van der Waals surface area contributed by atoms with E-state index >= 15 is 0 Å². The SMILES string of the molecule is O=C(NC1CCC(C(=O)O)CC1)NC1(Cc2ccccc2)CCOCC1. The Morgan fingerprint density at radius 3 is 2.35 bits per heavy atom. The number of carboxylic acid groups (broad SMARTS) is 1.